The van der Waals surface area contributed by atoms with Crippen LogP contribution >= 0.6 is 0 Å². The molecule has 0 spiro atoms. The van der Waals surface area contributed by atoms with Crippen LogP contribution in [0.2, 0.25) is 0 Å². The Bertz CT molecular complexity index is 479. The lowest BCUT2D eigenvalue weighted by Crippen LogP contribution is -1.94. The molecule has 0 aromatic heterocycles. The van der Waals surface area contributed by atoms with Crippen molar-refractivity contribution in [3.05, 3.63) is 66.3 Å². The van der Waals surface area contributed by atoms with Crippen LogP contribution in [-0.2, 0) is 4.79 Å². The smallest absolute Gasteiger partial charge is 0.331 e. The molecule has 0 aliphatic heterocycles. The number of benzene rings is 1. The van der Waals surface area contributed by atoms with Crippen molar-refractivity contribution in [2.45, 2.75) is 6.92 Å². The molecule has 0 bridgehead atoms. The van der Waals surface area contributed by atoms with Crippen LogP contribution in [0.1, 0.15) is 12.5 Å². The van der Waals surface area contributed by atoms with Gasteiger partial charge in [0.2, 0.25) is 0 Å². The van der Waals surface area contributed by atoms with E-state index in [4.69, 9.17) is 10.4 Å². The Labute approximate surface area is 107 Å². The van der Waals surface area contributed by atoms with Gasteiger partial charge < -0.3 is 5.11 Å². The molecule has 0 atom stereocenters. The van der Waals surface area contributed by atoms with Gasteiger partial charge in [-0.3, -0.25) is 0 Å². The fourth-order valence-corrected chi connectivity index (χ4v) is 0.939. The van der Waals surface area contributed by atoms with Crippen molar-refractivity contribution in [2.75, 3.05) is 0 Å². The SMILES string of the molecule is C=CC#N.CC(=CC=Cc1ccccc1)C(=O)O. The number of carboxylic acids is 1. The van der Waals surface area contributed by atoms with Crippen LogP contribution in [0.4, 0.5) is 0 Å². The number of nitrogens with zero attached hydrogens (tertiary/aromatic N) is 1. The van der Waals surface area contributed by atoms with Crippen LogP contribution in [-0.4, -0.2) is 11.1 Å². The number of hydrogen-bond donors (Lipinski definition) is 1. The third-order valence-electron chi connectivity index (χ3n) is 1.86. The number of nitriles is 1. The lowest BCUT2D eigenvalue weighted by atomic mass is 10.2. The Morgan fingerprint density at radius 3 is 2.39 bits per heavy atom. The molecule has 3 heteroatoms. The maximum Gasteiger partial charge on any atom is 0.331 e. The van der Waals surface area contributed by atoms with Crippen molar-refractivity contribution in [2.24, 2.45) is 0 Å². The Kier molecular flexibility index (Phi) is 8.22. The first-order valence-corrected chi connectivity index (χ1v) is 5.25. The van der Waals surface area contributed by atoms with E-state index in [0.717, 1.165) is 5.56 Å². The minimum Gasteiger partial charge on any atom is -0.478 e. The van der Waals surface area contributed by atoms with Crippen LogP contribution in [0.15, 0.2) is 60.7 Å². The molecule has 0 unspecified atom stereocenters. The van der Waals surface area contributed by atoms with Gasteiger partial charge in [0.05, 0.1) is 6.07 Å². The van der Waals surface area contributed by atoms with Gasteiger partial charge in [-0.25, -0.2) is 4.79 Å². The van der Waals surface area contributed by atoms with Crippen LogP contribution in [0, 0.1) is 11.3 Å². The van der Waals surface area contributed by atoms with Crippen LogP contribution in [0.25, 0.3) is 6.08 Å². The second-order valence-electron chi connectivity index (χ2n) is 3.26. The largest absolute Gasteiger partial charge is 0.478 e. The number of rotatable bonds is 3. The lowest BCUT2D eigenvalue weighted by Gasteiger charge is -1.90. The molecule has 1 N–H and O–H groups in total. The van der Waals surface area contributed by atoms with Crippen LogP contribution in [0.5, 0.6) is 0 Å². The van der Waals surface area contributed by atoms with E-state index >= 15 is 0 Å². The summed E-state index contributed by atoms with van der Waals surface area (Å²) in [6.45, 7) is 4.69. The number of carboxylic acid groups (broad SMARTS) is 1. The fraction of sp³-hybridized carbons (Fsp3) is 0.0667. The number of aliphatic carboxylic acids is 1. The Morgan fingerprint density at radius 2 is 1.94 bits per heavy atom. The Balaban J connectivity index is 0.000000631. The first-order valence-electron chi connectivity index (χ1n) is 5.25. The lowest BCUT2D eigenvalue weighted by molar-refractivity contribution is -0.132. The van der Waals surface area contributed by atoms with Crippen LogP contribution < -0.4 is 0 Å². The second-order valence-corrected chi connectivity index (χ2v) is 3.26. The molecule has 3 nitrogen and oxygen atoms in total. The summed E-state index contributed by atoms with van der Waals surface area (Å²) in [4.78, 5) is 10.4. The van der Waals surface area contributed by atoms with Gasteiger partial charge in [-0.1, -0.05) is 55.1 Å². The molecule has 1 aromatic carbocycles. The zero-order valence-corrected chi connectivity index (χ0v) is 10.2. The molecule has 1 aromatic rings. The molecule has 0 saturated heterocycles. The van der Waals surface area contributed by atoms with Crippen LogP contribution in [0.3, 0.4) is 0 Å². The summed E-state index contributed by atoms with van der Waals surface area (Å²) in [5.41, 5.74) is 1.39. The Morgan fingerprint density at radius 1 is 1.39 bits per heavy atom. The van der Waals surface area contributed by atoms with Crippen molar-refractivity contribution < 1.29 is 9.90 Å². The van der Waals surface area contributed by atoms with Crippen molar-refractivity contribution in [3.8, 4) is 6.07 Å². The number of carbonyl (C=O) groups is 1. The van der Waals surface area contributed by atoms with E-state index in [-0.39, 0.29) is 0 Å². The highest BCUT2D eigenvalue weighted by atomic mass is 16.4. The molecule has 0 aliphatic carbocycles. The van der Waals surface area contributed by atoms with E-state index in [1.807, 2.05) is 36.4 Å². The van der Waals surface area contributed by atoms with Gasteiger partial charge in [0.25, 0.3) is 0 Å². The molecule has 18 heavy (non-hydrogen) atoms. The van der Waals surface area contributed by atoms with Gasteiger partial charge in [-0.2, -0.15) is 5.26 Å². The molecule has 0 saturated carbocycles. The molecule has 0 fully saturated rings. The monoisotopic (exact) mass is 241 g/mol. The zero-order valence-electron chi connectivity index (χ0n) is 10.2. The minimum atomic E-state index is -0.886. The summed E-state index contributed by atoms with van der Waals surface area (Å²) < 4.78 is 0. The third kappa shape index (κ3) is 7.66. The third-order valence-corrected chi connectivity index (χ3v) is 1.86. The van der Waals surface area contributed by atoms with Gasteiger partial charge >= 0.3 is 5.97 Å². The first-order chi connectivity index (χ1) is 8.61. The van der Waals surface area contributed by atoms with Gasteiger partial charge in [-0.05, 0) is 12.5 Å². The van der Waals surface area contributed by atoms with Crippen molar-refractivity contribution >= 4 is 12.0 Å². The number of hydrogen-bond acceptors (Lipinski definition) is 2. The molecule has 0 amide bonds. The van der Waals surface area contributed by atoms with Crippen molar-refractivity contribution in [1.29, 1.82) is 5.26 Å². The molecule has 1 rings (SSSR count). The maximum absolute atomic E-state index is 10.4. The molecular weight excluding hydrogens is 226 g/mol. The Hall–Kier alpha value is -2.60. The molecule has 92 valence electrons. The predicted octanol–water partition coefficient (Wildman–Crippen LogP) is 3.43. The fourth-order valence-electron chi connectivity index (χ4n) is 0.939. The van der Waals surface area contributed by atoms with E-state index in [1.165, 1.54) is 6.08 Å². The van der Waals surface area contributed by atoms with Gasteiger partial charge in [0, 0.05) is 11.6 Å². The average Bonchev–Trinajstić information content (AvgIpc) is 2.40. The summed E-state index contributed by atoms with van der Waals surface area (Å²) >= 11 is 0. The maximum atomic E-state index is 10.4. The highest BCUT2D eigenvalue weighted by Gasteiger charge is 1.95. The predicted molar refractivity (Wildman–Crippen MR) is 72.7 cm³/mol. The van der Waals surface area contributed by atoms with E-state index < -0.39 is 5.97 Å². The quantitative estimate of drug-likeness (QED) is 0.501. The average molecular weight is 241 g/mol. The van der Waals surface area contributed by atoms with Gasteiger partial charge in [0.1, 0.15) is 0 Å². The molecule has 0 radical (unpaired) electrons. The second kappa shape index (κ2) is 9.61. The summed E-state index contributed by atoms with van der Waals surface area (Å²) in [6.07, 6.45) is 6.36. The van der Waals surface area contributed by atoms with Gasteiger partial charge in [-0.15, -0.1) is 0 Å². The summed E-state index contributed by atoms with van der Waals surface area (Å²) in [5.74, 6) is -0.886. The van der Waals surface area contributed by atoms with Crippen molar-refractivity contribution in [1.82, 2.24) is 0 Å². The summed E-state index contributed by atoms with van der Waals surface area (Å²) in [7, 11) is 0. The minimum absolute atomic E-state index is 0.331. The first kappa shape index (κ1) is 15.4. The van der Waals surface area contributed by atoms with E-state index in [2.05, 4.69) is 6.58 Å². The standard InChI is InChI=1S/C12H12O2.C3H3N/c1-10(12(13)14)6-5-9-11-7-3-2-4-8-11;1-2-3-4/h2-9H,1H3,(H,13,14);2H,1H2. The molecule has 0 aliphatic rings. The highest BCUT2D eigenvalue weighted by molar-refractivity contribution is 5.86. The van der Waals surface area contributed by atoms with E-state index in [9.17, 15) is 4.79 Å². The normalized spacial score (nSPS) is 10.1. The molecular formula is C15H15NO2. The van der Waals surface area contributed by atoms with E-state index in [0.29, 0.717) is 5.57 Å². The topological polar surface area (TPSA) is 61.1 Å². The molecule has 0 heterocycles. The summed E-state index contributed by atoms with van der Waals surface area (Å²) in [5, 5.41) is 16.1. The van der Waals surface area contributed by atoms with E-state index in [1.54, 1.807) is 25.1 Å². The highest BCUT2D eigenvalue weighted by Crippen LogP contribution is 2.02. The zero-order chi connectivity index (χ0) is 13.8. The summed E-state index contributed by atoms with van der Waals surface area (Å²) in [6, 6.07) is 11.4. The van der Waals surface area contributed by atoms with Crippen molar-refractivity contribution in [3.63, 3.8) is 0 Å². The van der Waals surface area contributed by atoms with Gasteiger partial charge in [0.15, 0.2) is 0 Å². The number of allylic oxidation sites excluding steroid dienone is 3.